The van der Waals surface area contributed by atoms with E-state index in [9.17, 15) is 0 Å². The first kappa shape index (κ1) is 22.4. The lowest BCUT2D eigenvalue weighted by atomic mass is 9.87. The van der Waals surface area contributed by atoms with Crippen LogP contribution < -0.4 is 0 Å². The maximum Gasteiger partial charge on any atom is 0.180 e. The van der Waals surface area contributed by atoms with Crippen LogP contribution in [0.4, 0.5) is 0 Å². The summed E-state index contributed by atoms with van der Waals surface area (Å²) in [6.45, 7) is 2.99. The number of hydrogen-bond donors (Lipinski definition) is 1. The van der Waals surface area contributed by atoms with E-state index < -0.39 is 0 Å². The Morgan fingerprint density at radius 2 is 1.76 bits per heavy atom. The third-order valence-corrected chi connectivity index (χ3v) is 6.87. The Morgan fingerprint density at radius 1 is 0.971 bits per heavy atom. The molecule has 0 saturated heterocycles. The average molecular weight is 456 g/mol. The first-order valence-electron chi connectivity index (χ1n) is 12.6. The molecule has 0 spiro atoms. The zero-order valence-corrected chi connectivity index (χ0v) is 20.0. The van der Waals surface area contributed by atoms with Gasteiger partial charge in [0, 0.05) is 18.4 Å². The van der Waals surface area contributed by atoms with Crippen molar-refractivity contribution in [3.63, 3.8) is 0 Å². The van der Waals surface area contributed by atoms with Crippen molar-refractivity contribution in [1.82, 2.24) is 35.4 Å². The molecule has 0 amide bonds. The summed E-state index contributed by atoms with van der Waals surface area (Å²) in [4.78, 5) is 4.97. The number of nitrogens with zero attached hydrogens (tertiary/aromatic N) is 6. The number of tetrazole rings is 1. The van der Waals surface area contributed by atoms with Crippen LogP contribution in [0.1, 0.15) is 69.1 Å². The van der Waals surface area contributed by atoms with Gasteiger partial charge in [0.05, 0.1) is 6.54 Å². The molecule has 1 aliphatic rings. The standard InChI is InChI=1S/C27H33N7/c1-2-3-13-26-28-25(18-20-9-5-4-6-10-20)31-34(26)19-21-14-16-22(17-15-21)23-11-7-8-12-24(23)27-29-32-33-30-27/h7-8,11-12,14-17,20H,2-6,9-10,13,18-19H2,1H3,(H,29,30,32,33). The highest BCUT2D eigenvalue weighted by molar-refractivity contribution is 5.80. The SMILES string of the molecule is CCCCc1nc(CC2CCCCC2)nn1Cc1ccc(-c2ccccc2-c2nnn[nH]2)cc1. The Kier molecular flexibility index (Phi) is 7.08. The fraction of sp³-hybridized carbons (Fsp3) is 0.444. The highest BCUT2D eigenvalue weighted by Gasteiger charge is 2.18. The summed E-state index contributed by atoms with van der Waals surface area (Å²) >= 11 is 0. The van der Waals surface area contributed by atoms with Gasteiger partial charge in [0.1, 0.15) is 5.82 Å². The summed E-state index contributed by atoms with van der Waals surface area (Å²) in [7, 11) is 0. The van der Waals surface area contributed by atoms with Gasteiger partial charge < -0.3 is 0 Å². The molecule has 0 radical (unpaired) electrons. The third kappa shape index (κ3) is 5.24. The monoisotopic (exact) mass is 455 g/mol. The van der Waals surface area contributed by atoms with Crippen LogP contribution in [0.5, 0.6) is 0 Å². The second-order valence-corrected chi connectivity index (χ2v) is 9.41. The molecule has 1 aliphatic carbocycles. The Labute approximate surface area is 201 Å². The molecule has 1 N–H and O–H groups in total. The zero-order chi connectivity index (χ0) is 23.2. The molecule has 176 valence electrons. The fourth-order valence-electron chi connectivity index (χ4n) is 4.99. The summed E-state index contributed by atoms with van der Waals surface area (Å²) in [6, 6.07) is 16.9. The number of hydrogen-bond acceptors (Lipinski definition) is 5. The van der Waals surface area contributed by atoms with E-state index in [1.165, 1.54) is 44.1 Å². The van der Waals surface area contributed by atoms with Crippen molar-refractivity contribution >= 4 is 0 Å². The average Bonchev–Trinajstić information content (AvgIpc) is 3.54. The number of rotatable bonds is 9. The predicted octanol–water partition coefficient (Wildman–Crippen LogP) is 5.64. The minimum absolute atomic E-state index is 0.674. The van der Waals surface area contributed by atoms with E-state index in [1.54, 1.807) is 0 Å². The van der Waals surface area contributed by atoms with Crippen LogP contribution in [0.15, 0.2) is 48.5 Å². The van der Waals surface area contributed by atoms with Gasteiger partial charge in [-0.1, -0.05) is 94.0 Å². The highest BCUT2D eigenvalue weighted by Crippen LogP contribution is 2.30. The summed E-state index contributed by atoms with van der Waals surface area (Å²) in [6.07, 6.45) is 11.1. The molecule has 0 bridgehead atoms. The molecule has 5 rings (SSSR count). The van der Waals surface area contributed by atoms with Gasteiger partial charge in [0.25, 0.3) is 0 Å². The van der Waals surface area contributed by atoms with Crippen LogP contribution >= 0.6 is 0 Å². The molecule has 1 saturated carbocycles. The summed E-state index contributed by atoms with van der Waals surface area (Å²) in [5.41, 5.74) is 4.46. The highest BCUT2D eigenvalue weighted by atomic mass is 15.5. The predicted molar refractivity (Wildman–Crippen MR) is 133 cm³/mol. The number of H-pyrrole nitrogens is 1. The molecule has 2 aromatic heterocycles. The van der Waals surface area contributed by atoms with Gasteiger partial charge in [-0.3, -0.25) is 0 Å². The third-order valence-electron chi connectivity index (χ3n) is 6.87. The van der Waals surface area contributed by atoms with Gasteiger partial charge in [-0.25, -0.2) is 14.8 Å². The number of nitrogens with one attached hydrogen (secondary N) is 1. The van der Waals surface area contributed by atoms with Gasteiger partial charge in [-0.15, -0.1) is 5.10 Å². The molecule has 0 unspecified atom stereocenters. The van der Waals surface area contributed by atoms with Crippen molar-refractivity contribution in [2.45, 2.75) is 71.3 Å². The second kappa shape index (κ2) is 10.7. The van der Waals surface area contributed by atoms with E-state index in [0.29, 0.717) is 5.82 Å². The first-order chi connectivity index (χ1) is 16.8. The number of unbranched alkanes of at least 4 members (excludes halogenated alkanes) is 1. The van der Waals surface area contributed by atoms with E-state index in [1.807, 2.05) is 18.2 Å². The molecule has 2 heterocycles. The maximum absolute atomic E-state index is 4.97. The lowest BCUT2D eigenvalue weighted by molar-refractivity contribution is 0.351. The van der Waals surface area contributed by atoms with Crippen molar-refractivity contribution in [3.8, 4) is 22.5 Å². The Hall–Kier alpha value is -3.35. The molecule has 7 heteroatoms. The Morgan fingerprint density at radius 3 is 2.50 bits per heavy atom. The minimum atomic E-state index is 0.674. The Balaban J connectivity index is 1.34. The molecular formula is C27H33N7. The maximum atomic E-state index is 4.97. The largest absolute Gasteiger partial charge is 0.245 e. The lowest BCUT2D eigenvalue weighted by Crippen LogP contribution is -2.11. The normalized spacial score (nSPS) is 14.5. The second-order valence-electron chi connectivity index (χ2n) is 9.41. The van der Waals surface area contributed by atoms with Crippen LogP contribution in [0, 0.1) is 5.92 Å². The smallest absolute Gasteiger partial charge is 0.180 e. The number of aryl methyl sites for hydroxylation is 1. The van der Waals surface area contributed by atoms with Crippen LogP contribution in [0.25, 0.3) is 22.5 Å². The van der Waals surface area contributed by atoms with Crippen molar-refractivity contribution in [3.05, 3.63) is 65.7 Å². The zero-order valence-electron chi connectivity index (χ0n) is 20.0. The van der Waals surface area contributed by atoms with E-state index >= 15 is 0 Å². The summed E-state index contributed by atoms with van der Waals surface area (Å²) in [5.74, 6) is 3.58. The summed E-state index contributed by atoms with van der Waals surface area (Å²) < 4.78 is 2.14. The molecule has 1 fully saturated rings. The quantitative estimate of drug-likeness (QED) is 0.353. The van der Waals surface area contributed by atoms with E-state index in [4.69, 9.17) is 10.1 Å². The van der Waals surface area contributed by atoms with Crippen LogP contribution in [0.2, 0.25) is 0 Å². The topological polar surface area (TPSA) is 85.2 Å². The van der Waals surface area contributed by atoms with Crippen LogP contribution in [0.3, 0.4) is 0 Å². The summed E-state index contributed by atoms with van der Waals surface area (Å²) in [5, 5.41) is 19.4. The first-order valence-corrected chi connectivity index (χ1v) is 12.6. The van der Waals surface area contributed by atoms with Gasteiger partial charge in [-0.05, 0) is 39.5 Å². The van der Waals surface area contributed by atoms with E-state index in [-0.39, 0.29) is 0 Å². The van der Waals surface area contributed by atoms with Gasteiger partial charge in [0.2, 0.25) is 0 Å². The lowest BCUT2D eigenvalue weighted by Gasteiger charge is -2.19. The van der Waals surface area contributed by atoms with Gasteiger partial charge >= 0.3 is 0 Å². The number of aromatic nitrogens is 7. The fourth-order valence-corrected chi connectivity index (χ4v) is 4.99. The minimum Gasteiger partial charge on any atom is -0.245 e. The van der Waals surface area contributed by atoms with Gasteiger partial charge in [0.15, 0.2) is 11.6 Å². The van der Waals surface area contributed by atoms with Crippen LogP contribution in [-0.4, -0.2) is 35.4 Å². The van der Waals surface area contributed by atoms with Crippen molar-refractivity contribution in [2.24, 2.45) is 5.92 Å². The van der Waals surface area contributed by atoms with Crippen molar-refractivity contribution in [2.75, 3.05) is 0 Å². The molecular weight excluding hydrogens is 422 g/mol. The van der Waals surface area contributed by atoms with E-state index in [0.717, 1.165) is 60.1 Å². The van der Waals surface area contributed by atoms with Gasteiger partial charge in [-0.2, -0.15) is 5.10 Å². The van der Waals surface area contributed by atoms with E-state index in [2.05, 4.69) is 62.6 Å². The van der Waals surface area contributed by atoms with Crippen LogP contribution in [-0.2, 0) is 19.4 Å². The van der Waals surface area contributed by atoms with Crippen molar-refractivity contribution < 1.29 is 0 Å². The van der Waals surface area contributed by atoms with Crippen molar-refractivity contribution in [1.29, 1.82) is 0 Å². The molecule has 7 nitrogen and oxygen atoms in total. The Bertz CT molecular complexity index is 1170. The molecule has 34 heavy (non-hydrogen) atoms. The molecule has 0 aliphatic heterocycles. The molecule has 4 aromatic rings. The molecule has 0 atom stereocenters. The number of benzene rings is 2. The molecule has 2 aromatic carbocycles. The number of aromatic amines is 1.